The second-order valence-electron chi connectivity index (χ2n) is 3.58. The topological polar surface area (TPSA) is 89.6 Å². The van der Waals surface area contributed by atoms with E-state index in [1.54, 1.807) is 24.3 Å². The molecule has 0 radical (unpaired) electrons. The maximum atomic E-state index is 11.6. The molecule has 0 fully saturated rings. The van der Waals surface area contributed by atoms with E-state index in [9.17, 15) is 9.59 Å². The summed E-state index contributed by atoms with van der Waals surface area (Å²) in [5, 5.41) is 11.9. The van der Waals surface area contributed by atoms with Gasteiger partial charge >= 0.3 is 11.9 Å². The number of rotatable bonds is 3. The van der Waals surface area contributed by atoms with Crippen LogP contribution in [0.3, 0.4) is 0 Å². The first-order chi connectivity index (χ1) is 8.56. The van der Waals surface area contributed by atoms with Crippen molar-refractivity contribution < 1.29 is 24.0 Å². The van der Waals surface area contributed by atoms with Crippen LogP contribution in [0, 0.1) is 6.92 Å². The highest BCUT2D eigenvalue weighted by molar-refractivity contribution is 5.92. The summed E-state index contributed by atoms with van der Waals surface area (Å²) in [6.07, 6.45) is 0. The molecule has 18 heavy (non-hydrogen) atoms. The number of aromatic carboxylic acids is 1. The molecule has 0 amide bonds. The zero-order valence-electron chi connectivity index (χ0n) is 9.41. The molecule has 1 N–H and O–H groups in total. The maximum absolute atomic E-state index is 11.6. The summed E-state index contributed by atoms with van der Waals surface area (Å²) >= 11 is 0. The van der Waals surface area contributed by atoms with Crippen molar-refractivity contribution in [3.63, 3.8) is 0 Å². The molecule has 0 saturated heterocycles. The first-order valence-electron chi connectivity index (χ1n) is 5.05. The Morgan fingerprint density at radius 2 is 1.94 bits per heavy atom. The summed E-state index contributed by atoms with van der Waals surface area (Å²) in [7, 11) is 0. The number of carbonyl (C=O) groups is 2. The standard InChI is InChI=1S/C12H9NO5/c1-7-2-4-8(5-3-7)17-12(16)9-6-10(11(14)15)18-13-9/h2-6H,1H3,(H,14,15). The van der Waals surface area contributed by atoms with E-state index in [1.807, 2.05) is 6.92 Å². The quantitative estimate of drug-likeness (QED) is 0.658. The van der Waals surface area contributed by atoms with E-state index in [0.29, 0.717) is 5.75 Å². The monoisotopic (exact) mass is 247 g/mol. The third-order valence-corrected chi connectivity index (χ3v) is 2.16. The second kappa shape index (κ2) is 4.70. The predicted molar refractivity (Wildman–Crippen MR) is 59.6 cm³/mol. The molecular formula is C12H9NO5. The summed E-state index contributed by atoms with van der Waals surface area (Å²) in [5.41, 5.74) is 0.845. The number of ether oxygens (including phenoxy) is 1. The van der Waals surface area contributed by atoms with Crippen molar-refractivity contribution in [2.75, 3.05) is 0 Å². The van der Waals surface area contributed by atoms with E-state index in [1.165, 1.54) is 0 Å². The lowest BCUT2D eigenvalue weighted by molar-refractivity contribution is 0.0647. The normalized spacial score (nSPS) is 10.1. The number of hydrogen-bond donors (Lipinski definition) is 1. The van der Waals surface area contributed by atoms with Crippen LogP contribution in [0.15, 0.2) is 34.9 Å². The molecule has 2 rings (SSSR count). The molecule has 6 heteroatoms. The van der Waals surface area contributed by atoms with Gasteiger partial charge in [0, 0.05) is 6.07 Å². The number of hydrogen-bond acceptors (Lipinski definition) is 5. The lowest BCUT2D eigenvalue weighted by Crippen LogP contribution is -2.08. The van der Waals surface area contributed by atoms with E-state index in [4.69, 9.17) is 9.84 Å². The minimum Gasteiger partial charge on any atom is -0.475 e. The van der Waals surface area contributed by atoms with Crippen molar-refractivity contribution in [2.24, 2.45) is 0 Å². The lowest BCUT2D eigenvalue weighted by atomic mass is 10.2. The SMILES string of the molecule is Cc1ccc(OC(=O)c2cc(C(=O)O)on2)cc1. The highest BCUT2D eigenvalue weighted by Crippen LogP contribution is 2.14. The number of carboxylic acid groups (broad SMARTS) is 1. The highest BCUT2D eigenvalue weighted by Gasteiger charge is 2.18. The zero-order valence-corrected chi connectivity index (χ0v) is 9.41. The Morgan fingerprint density at radius 1 is 1.28 bits per heavy atom. The Labute approximate surface area is 102 Å². The number of aryl methyl sites for hydroxylation is 1. The number of carbonyl (C=O) groups excluding carboxylic acids is 1. The van der Waals surface area contributed by atoms with Gasteiger partial charge in [-0.05, 0) is 19.1 Å². The van der Waals surface area contributed by atoms with Crippen LogP contribution >= 0.6 is 0 Å². The van der Waals surface area contributed by atoms with Crippen molar-refractivity contribution in [1.82, 2.24) is 5.16 Å². The van der Waals surface area contributed by atoms with Gasteiger partial charge in [0.2, 0.25) is 5.76 Å². The number of nitrogens with zero attached hydrogens (tertiary/aromatic N) is 1. The Bertz CT molecular complexity index is 585. The van der Waals surface area contributed by atoms with Gasteiger partial charge in [0.1, 0.15) is 5.75 Å². The van der Waals surface area contributed by atoms with Gasteiger partial charge in [-0.1, -0.05) is 22.9 Å². The smallest absolute Gasteiger partial charge is 0.374 e. The van der Waals surface area contributed by atoms with Gasteiger partial charge in [-0.15, -0.1) is 0 Å². The molecule has 1 aromatic carbocycles. The third kappa shape index (κ3) is 2.54. The van der Waals surface area contributed by atoms with Crippen LogP contribution in [-0.4, -0.2) is 22.2 Å². The molecule has 0 bridgehead atoms. The summed E-state index contributed by atoms with van der Waals surface area (Å²) < 4.78 is 9.45. The molecule has 0 unspecified atom stereocenters. The second-order valence-corrected chi connectivity index (χ2v) is 3.58. The number of benzene rings is 1. The number of esters is 1. The average molecular weight is 247 g/mol. The largest absolute Gasteiger partial charge is 0.475 e. The highest BCUT2D eigenvalue weighted by atomic mass is 16.5. The fourth-order valence-electron chi connectivity index (χ4n) is 1.24. The molecule has 0 spiro atoms. The van der Waals surface area contributed by atoms with Crippen LogP contribution in [0.4, 0.5) is 0 Å². The molecule has 92 valence electrons. The van der Waals surface area contributed by atoms with Gasteiger partial charge < -0.3 is 14.4 Å². The van der Waals surface area contributed by atoms with Crippen LogP contribution in [-0.2, 0) is 0 Å². The lowest BCUT2D eigenvalue weighted by Gasteiger charge is -2.01. The van der Waals surface area contributed by atoms with Crippen LogP contribution in [0.1, 0.15) is 26.6 Å². The fraction of sp³-hybridized carbons (Fsp3) is 0.0833. The van der Waals surface area contributed by atoms with E-state index >= 15 is 0 Å². The Kier molecular flexibility index (Phi) is 3.09. The van der Waals surface area contributed by atoms with Crippen LogP contribution in [0.25, 0.3) is 0 Å². The number of aromatic nitrogens is 1. The van der Waals surface area contributed by atoms with E-state index in [0.717, 1.165) is 11.6 Å². The van der Waals surface area contributed by atoms with Gasteiger partial charge in [-0.3, -0.25) is 0 Å². The minimum atomic E-state index is -1.29. The fourth-order valence-corrected chi connectivity index (χ4v) is 1.24. The van der Waals surface area contributed by atoms with E-state index < -0.39 is 17.7 Å². The van der Waals surface area contributed by atoms with Gasteiger partial charge in [-0.2, -0.15) is 0 Å². The van der Waals surface area contributed by atoms with Gasteiger partial charge in [0.25, 0.3) is 0 Å². The Morgan fingerprint density at radius 3 is 2.50 bits per heavy atom. The van der Waals surface area contributed by atoms with Gasteiger partial charge in [0.05, 0.1) is 0 Å². The molecule has 0 atom stereocenters. The van der Waals surface area contributed by atoms with Crippen molar-refractivity contribution in [3.8, 4) is 5.75 Å². The predicted octanol–water partition coefficient (Wildman–Crippen LogP) is 1.90. The summed E-state index contributed by atoms with van der Waals surface area (Å²) in [4.78, 5) is 22.1. The molecular weight excluding hydrogens is 238 g/mol. The van der Waals surface area contributed by atoms with Gasteiger partial charge in [-0.25, -0.2) is 9.59 Å². The maximum Gasteiger partial charge on any atom is 0.374 e. The van der Waals surface area contributed by atoms with E-state index in [-0.39, 0.29) is 5.69 Å². The first-order valence-corrected chi connectivity index (χ1v) is 5.05. The third-order valence-electron chi connectivity index (χ3n) is 2.16. The summed E-state index contributed by atoms with van der Waals surface area (Å²) in [5.74, 6) is -2.12. The van der Waals surface area contributed by atoms with Crippen molar-refractivity contribution in [2.45, 2.75) is 6.92 Å². The molecule has 2 aromatic rings. The van der Waals surface area contributed by atoms with Crippen molar-refractivity contribution in [3.05, 3.63) is 47.3 Å². The molecule has 1 aromatic heterocycles. The summed E-state index contributed by atoms with van der Waals surface area (Å²) in [6.45, 7) is 1.91. The number of carboxylic acids is 1. The zero-order chi connectivity index (χ0) is 13.1. The van der Waals surface area contributed by atoms with Crippen LogP contribution in [0.2, 0.25) is 0 Å². The molecule has 0 aliphatic rings. The molecule has 1 heterocycles. The van der Waals surface area contributed by atoms with Crippen molar-refractivity contribution >= 4 is 11.9 Å². The van der Waals surface area contributed by atoms with Crippen molar-refractivity contribution in [1.29, 1.82) is 0 Å². The Hall–Kier alpha value is -2.63. The van der Waals surface area contributed by atoms with Crippen LogP contribution in [0.5, 0.6) is 5.75 Å². The summed E-state index contributed by atoms with van der Waals surface area (Å²) in [6, 6.07) is 7.85. The average Bonchev–Trinajstić information content (AvgIpc) is 2.81. The van der Waals surface area contributed by atoms with E-state index in [2.05, 4.69) is 9.68 Å². The molecule has 6 nitrogen and oxygen atoms in total. The first kappa shape index (κ1) is 11.8. The molecule has 0 aliphatic carbocycles. The minimum absolute atomic E-state index is 0.187. The molecule has 0 saturated carbocycles. The Balaban J connectivity index is 2.11. The van der Waals surface area contributed by atoms with Crippen LogP contribution < -0.4 is 4.74 Å². The van der Waals surface area contributed by atoms with Gasteiger partial charge in [0.15, 0.2) is 5.69 Å². The molecule has 0 aliphatic heterocycles.